The van der Waals surface area contributed by atoms with E-state index in [0.717, 1.165) is 12.1 Å². The number of piperidine rings is 1. The summed E-state index contributed by atoms with van der Waals surface area (Å²) in [7, 11) is -3.42. The molecule has 7 heteroatoms. The number of para-hydroxylation sites is 1. The fourth-order valence-corrected chi connectivity index (χ4v) is 5.86. The Morgan fingerprint density at radius 3 is 2.54 bits per heavy atom. The van der Waals surface area contributed by atoms with Gasteiger partial charge in [-0.2, -0.15) is 0 Å². The maximum absolute atomic E-state index is 13.0. The molecule has 2 heterocycles. The predicted octanol–water partition coefficient (Wildman–Crippen LogP) is 3.47. The molecule has 0 N–H and O–H groups in total. The molecule has 0 unspecified atom stereocenters. The van der Waals surface area contributed by atoms with Crippen molar-refractivity contribution in [3.05, 3.63) is 64.7 Å². The van der Waals surface area contributed by atoms with Crippen LogP contribution in [0.1, 0.15) is 24.0 Å². The van der Waals surface area contributed by atoms with Crippen LogP contribution in [0.15, 0.2) is 48.5 Å². The second-order valence-electron chi connectivity index (χ2n) is 7.43. The molecule has 0 bridgehead atoms. The zero-order valence-corrected chi connectivity index (χ0v) is 17.1. The smallest absolute Gasteiger partial charge is 0.230 e. The van der Waals surface area contributed by atoms with E-state index in [4.69, 9.17) is 11.6 Å². The van der Waals surface area contributed by atoms with Crippen molar-refractivity contribution in [3.63, 3.8) is 0 Å². The Morgan fingerprint density at radius 1 is 1.04 bits per heavy atom. The third kappa shape index (κ3) is 3.95. The number of hydrogen-bond donors (Lipinski definition) is 0. The van der Waals surface area contributed by atoms with E-state index in [2.05, 4.69) is 6.07 Å². The van der Waals surface area contributed by atoms with Crippen LogP contribution in [0.5, 0.6) is 0 Å². The molecule has 148 valence electrons. The molecule has 2 aromatic carbocycles. The summed E-state index contributed by atoms with van der Waals surface area (Å²) in [5, 5.41) is 0.530. The number of nitrogens with zero attached hydrogens (tertiary/aromatic N) is 2. The molecule has 1 amide bonds. The molecule has 0 atom stereocenters. The number of sulfonamides is 1. The monoisotopic (exact) mass is 418 g/mol. The van der Waals surface area contributed by atoms with Crippen molar-refractivity contribution < 1.29 is 13.2 Å². The van der Waals surface area contributed by atoms with Gasteiger partial charge in [-0.1, -0.05) is 41.9 Å². The molecule has 0 aliphatic carbocycles. The Balaban J connectivity index is 1.38. The molecule has 2 aliphatic rings. The molecular formula is C21H23ClN2O3S. The van der Waals surface area contributed by atoms with E-state index in [9.17, 15) is 13.2 Å². The molecule has 2 aromatic rings. The first-order valence-electron chi connectivity index (χ1n) is 9.55. The van der Waals surface area contributed by atoms with Crippen molar-refractivity contribution in [1.29, 1.82) is 0 Å². The number of fused-ring (bicyclic) bond motifs is 1. The Bertz CT molecular complexity index is 985. The van der Waals surface area contributed by atoms with Crippen LogP contribution in [-0.4, -0.2) is 38.3 Å². The van der Waals surface area contributed by atoms with E-state index in [0.29, 0.717) is 43.1 Å². The lowest BCUT2D eigenvalue weighted by molar-refractivity contribution is -0.123. The number of hydrogen-bond acceptors (Lipinski definition) is 3. The van der Waals surface area contributed by atoms with Crippen LogP contribution in [0.3, 0.4) is 0 Å². The number of halogens is 1. The Hall–Kier alpha value is -1.89. The van der Waals surface area contributed by atoms with Crippen LogP contribution in [0, 0.1) is 5.92 Å². The molecule has 28 heavy (non-hydrogen) atoms. The lowest BCUT2D eigenvalue weighted by atomic mass is 9.96. The highest BCUT2D eigenvalue weighted by Gasteiger charge is 2.35. The largest absolute Gasteiger partial charge is 0.312 e. The van der Waals surface area contributed by atoms with Crippen LogP contribution in [-0.2, 0) is 27.0 Å². The van der Waals surface area contributed by atoms with Gasteiger partial charge in [-0.3, -0.25) is 4.79 Å². The van der Waals surface area contributed by atoms with E-state index >= 15 is 0 Å². The number of benzene rings is 2. The van der Waals surface area contributed by atoms with Gasteiger partial charge in [-0.05, 0) is 48.6 Å². The molecular weight excluding hydrogens is 396 g/mol. The second-order valence-corrected chi connectivity index (χ2v) is 9.83. The summed E-state index contributed by atoms with van der Waals surface area (Å²) in [6, 6.07) is 14.9. The number of carbonyl (C=O) groups excluding carboxylic acids is 1. The highest BCUT2D eigenvalue weighted by Crippen LogP contribution is 2.31. The molecule has 5 nitrogen and oxygen atoms in total. The van der Waals surface area contributed by atoms with Crippen LogP contribution < -0.4 is 4.90 Å². The van der Waals surface area contributed by atoms with Gasteiger partial charge in [-0.25, -0.2) is 12.7 Å². The standard InChI is InChI=1S/C21H23ClN2O3S/c22-19-6-3-4-16(14-19)15-28(26,27)23-11-8-18(9-12-23)21(25)24-13-10-17-5-1-2-7-20(17)24/h1-7,14,18H,8-13,15H2. The van der Waals surface area contributed by atoms with Gasteiger partial charge < -0.3 is 4.90 Å². The molecule has 0 radical (unpaired) electrons. The van der Waals surface area contributed by atoms with Gasteiger partial charge in [0.15, 0.2) is 0 Å². The highest BCUT2D eigenvalue weighted by atomic mass is 35.5. The van der Waals surface area contributed by atoms with E-state index in [1.807, 2.05) is 23.1 Å². The summed E-state index contributed by atoms with van der Waals surface area (Å²) >= 11 is 5.96. The van der Waals surface area contributed by atoms with Gasteiger partial charge in [0.2, 0.25) is 15.9 Å². The van der Waals surface area contributed by atoms with Crippen LogP contribution in [0.4, 0.5) is 5.69 Å². The molecule has 1 fully saturated rings. The Labute approximate surface area is 171 Å². The first-order valence-corrected chi connectivity index (χ1v) is 11.5. The first-order chi connectivity index (χ1) is 13.4. The summed E-state index contributed by atoms with van der Waals surface area (Å²) in [6.45, 7) is 1.48. The van der Waals surface area contributed by atoms with Crippen LogP contribution >= 0.6 is 11.6 Å². The topological polar surface area (TPSA) is 57.7 Å². The summed E-state index contributed by atoms with van der Waals surface area (Å²) in [5.41, 5.74) is 2.89. The fourth-order valence-electron chi connectivity index (χ4n) is 4.10. The minimum absolute atomic E-state index is 0.0638. The van der Waals surface area contributed by atoms with Crippen molar-refractivity contribution in [2.45, 2.75) is 25.0 Å². The number of amides is 1. The minimum Gasteiger partial charge on any atom is -0.312 e. The molecule has 0 spiro atoms. The minimum atomic E-state index is -3.42. The van der Waals surface area contributed by atoms with Gasteiger partial charge in [0, 0.05) is 36.3 Å². The SMILES string of the molecule is O=C(C1CCN(S(=O)(=O)Cc2cccc(Cl)c2)CC1)N1CCc2ccccc21. The molecule has 1 saturated heterocycles. The number of rotatable bonds is 4. The van der Waals surface area contributed by atoms with Gasteiger partial charge in [0.25, 0.3) is 0 Å². The summed E-state index contributed by atoms with van der Waals surface area (Å²) in [5.74, 6) is -0.0632. The van der Waals surface area contributed by atoms with Crippen molar-refractivity contribution in [2.24, 2.45) is 5.92 Å². The summed E-state index contributed by atoms with van der Waals surface area (Å²) in [4.78, 5) is 14.9. The molecule has 2 aliphatic heterocycles. The van der Waals surface area contributed by atoms with Gasteiger partial charge in [0.1, 0.15) is 0 Å². The maximum atomic E-state index is 13.0. The molecule has 4 rings (SSSR count). The zero-order valence-electron chi connectivity index (χ0n) is 15.6. The number of carbonyl (C=O) groups is 1. The van der Waals surface area contributed by atoms with E-state index < -0.39 is 10.0 Å². The fraction of sp³-hybridized carbons (Fsp3) is 0.381. The lowest BCUT2D eigenvalue weighted by Crippen LogP contribution is -2.44. The first kappa shape index (κ1) is 19.4. The van der Waals surface area contributed by atoms with Crippen molar-refractivity contribution in [2.75, 3.05) is 24.5 Å². The van der Waals surface area contributed by atoms with Crippen molar-refractivity contribution in [3.8, 4) is 0 Å². The third-order valence-corrected chi connectivity index (χ3v) is 7.67. The third-order valence-electron chi connectivity index (χ3n) is 5.59. The number of anilines is 1. The average molecular weight is 419 g/mol. The van der Waals surface area contributed by atoms with Gasteiger partial charge in [0.05, 0.1) is 5.75 Å². The van der Waals surface area contributed by atoms with Crippen molar-refractivity contribution >= 4 is 33.2 Å². The lowest BCUT2D eigenvalue weighted by Gasteiger charge is -2.32. The normalized spacial score (nSPS) is 18.2. The Kier molecular flexibility index (Phi) is 5.45. The molecule has 0 aromatic heterocycles. The van der Waals surface area contributed by atoms with E-state index in [1.165, 1.54) is 9.87 Å². The van der Waals surface area contributed by atoms with E-state index in [-0.39, 0.29) is 17.6 Å². The molecule has 0 saturated carbocycles. The Morgan fingerprint density at radius 2 is 1.79 bits per heavy atom. The highest BCUT2D eigenvalue weighted by molar-refractivity contribution is 7.88. The van der Waals surface area contributed by atoms with Crippen LogP contribution in [0.25, 0.3) is 0 Å². The maximum Gasteiger partial charge on any atom is 0.230 e. The van der Waals surface area contributed by atoms with Crippen LogP contribution in [0.2, 0.25) is 5.02 Å². The summed E-state index contributed by atoms with van der Waals surface area (Å²) in [6.07, 6.45) is 2.01. The summed E-state index contributed by atoms with van der Waals surface area (Å²) < 4.78 is 27.0. The zero-order chi connectivity index (χ0) is 19.7. The average Bonchev–Trinajstić information content (AvgIpc) is 3.11. The second kappa shape index (κ2) is 7.85. The predicted molar refractivity (Wildman–Crippen MR) is 111 cm³/mol. The van der Waals surface area contributed by atoms with Gasteiger partial charge >= 0.3 is 0 Å². The quantitative estimate of drug-likeness (QED) is 0.763. The van der Waals surface area contributed by atoms with Gasteiger partial charge in [-0.15, -0.1) is 0 Å². The van der Waals surface area contributed by atoms with Crippen molar-refractivity contribution in [1.82, 2.24) is 4.31 Å². The van der Waals surface area contributed by atoms with E-state index in [1.54, 1.807) is 24.3 Å².